The molecule has 13 rings (SSSR count). The van der Waals surface area contributed by atoms with Crippen LogP contribution in [0, 0.1) is 0 Å². The second-order valence-electron chi connectivity index (χ2n) is 16.3. The lowest BCUT2D eigenvalue weighted by Gasteiger charge is -2.39. The zero-order valence-electron chi connectivity index (χ0n) is 33.6. The molecular formula is C58H36N4. The summed E-state index contributed by atoms with van der Waals surface area (Å²) in [6, 6.07) is 78.5. The molecule has 2 aliphatic rings. The number of benzene rings is 9. The van der Waals surface area contributed by atoms with E-state index < -0.39 is 5.41 Å². The van der Waals surface area contributed by atoms with E-state index >= 15 is 0 Å². The van der Waals surface area contributed by atoms with Crippen LogP contribution in [-0.2, 0) is 5.41 Å². The minimum Gasteiger partial charge on any atom is -0.309 e. The Hall–Kier alpha value is -8.21. The van der Waals surface area contributed by atoms with Crippen molar-refractivity contribution < 1.29 is 0 Å². The molecule has 0 saturated carbocycles. The topological polar surface area (TPSA) is 43.6 Å². The molecule has 62 heavy (non-hydrogen) atoms. The second-order valence-corrected chi connectivity index (χ2v) is 16.3. The molecule has 3 heterocycles. The maximum atomic E-state index is 5.25. The third-order valence-electron chi connectivity index (χ3n) is 13.1. The van der Waals surface area contributed by atoms with Crippen LogP contribution in [0.25, 0.3) is 95.0 Å². The van der Waals surface area contributed by atoms with Crippen molar-refractivity contribution in [2.24, 2.45) is 0 Å². The van der Waals surface area contributed by atoms with Crippen LogP contribution in [0.5, 0.6) is 0 Å². The van der Waals surface area contributed by atoms with Crippen molar-refractivity contribution in [1.29, 1.82) is 0 Å². The molecule has 1 aliphatic heterocycles. The Morgan fingerprint density at radius 2 is 0.774 bits per heavy atom. The van der Waals surface area contributed by atoms with Gasteiger partial charge in [0.1, 0.15) is 0 Å². The zero-order chi connectivity index (χ0) is 40.8. The van der Waals surface area contributed by atoms with Gasteiger partial charge >= 0.3 is 0 Å². The van der Waals surface area contributed by atoms with Gasteiger partial charge in [0.2, 0.25) is 0 Å². The van der Waals surface area contributed by atoms with Gasteiger partial charge in [-0.2, -0.15) is 0 Å². The molecule has 0 bridgehead atoms. The molecule has 0 radical (unpaired) electrons. The predicted molar refractivity (Wildman–Crippen MR) is 252 cm³/mol. The first-order valence-corrected chi connectivity index (χ1v) is 21.2. The molecule has 0 amide bonds. The summed E-state index contributed by atoms with van der Waals surface area (Å²) >= 11 is 0. The van der Waals surface area contributed by atoms with Gasteiger partial charge in [-0.1, -0.05) is 200 Å². The van der Waals surface area contributed by atoms with Gasteiger partial charge in [0.25, 0.3) is 0 Å². The normalized spacial score (nSPS) is 14.5. The van der Waals surface area contributed by atoms with Crippen molar-refractivity contribution in [3.05, 3.63) is 241 Å². The Balaban J connectivity index is 1.01. The van der Waals surface area contributed by atoms with E-state index in [0.29, 0.717) is 17.5 Å². The quantitative estimate of drug-likeness (QED) is 0.174. The molecule has 9 aromatic carbocycles. The largest absolute Gasteiger partial charge is 0.309 e. The standard InChI is InChI=1S/C58H36N4/c1-3-14-37(15-4-1)39-26-30-41(31-27-39)55-59-56(42-32-28-40(29-33-42)38-16-5-2-6-17-38)61-57(60-55)43-34-35-49-47(36-43)44-18-7-9-21-48(44)58(49)50-22-10-12-25-53(50)62-52-24-11-8-19-45(52)46-20-13-23-51(58)54(46)62/h1-36H. The van der Waals surface area contributed by atoms with E-state index in [1.165, 1.54) is 72.0 Å². The van der Waals surface area contributed by atoms with Crippen molar-refractivity contribution in [2.75, 3.05) is 0 Å². The van der Waals surface area contributed by atoms with Crippen molar-refractivity contribution in [3.63, 3.8) is 0 Å². The molecule has 0 saturated heterocycles. The van der Waals surface area contributed by atoms with E-state index in [2.05, 4.69) is 211 Å². The summed E-state index contributed by atoms with van der Waals surface area (Å²) in [5.74, 6) is 1.90. The van der Waals surface area contributed by atoms with Gasteiger partial charge < -0.3 is 4.57 Å². The first-order valence-electron chi connectivity index (χ1n) is 21.2. The minimum atomic E-state index is -0.526. The number of aromatic nitrogens is 4. The van der Waals surface area contributed by atoms with E-state index in [4.69, 9.17) is 15.0 Å². The van der Waals surface area contributed by atoms with E-state index in [1.807, 2.05) is 12.1 Å². The first-order chi connectivity index (χ1) is 30.7. The van der Waals surface area contributed by atoms with Crippen LogP contribution in [0.2, 0.25) is 0 Å². The van der Waals surface area contributed by atoms with Crippen molar-refractivity contribution in [2.45, 2.75) is 5.41 Å². The molecule has 11 aromatic rings. The van der Waals surface area contributed by atoms with Gasteiger partial charge in [0.15, 0.2) is 17.5 Å². The van der Waals surface area contributed by atoms with Gasteiger partial charge in [-0.25, -0.2) is 15.0 Å². The van der Waals surface area contributed by atoms with E-state index in [9.17, 15) is 0 Å². The Morgan fingerprint density at radius 1 is 0.306 bits per heavy atom. The highest BCUT2D eigenvalue weighted by atomic mass is 15.0. The molecule has 1 spiro atoms. The van der Waals surface area contributed by atoms with Gasteiger partial charge in [0, 0.05) is 27.5 Å². The van der Waals surface area contributed by atoms with Crippen LogP contribution in [0.3, 0.4) is 0 Å². The van der Waals surface area contributed by atoms with E-state index in [-0.39, 0.29) is 0 Å². The van der Waals surface area contributed by atoms with Crippen LogP contribution in [0.1, 0.15) is 22.3 Å². The lowest BCUT2D eigenvalue weighted by molar-refractivity contribution is 0.748. The average Bonchev–Trinajstić information content (AvgIpc) is 3.85. The molecule has 288 valence electrons. The summed E-state index contributed by atoms with van der Waals surface area (Å²) in [6.45, 7) is 0. The lowest BCUT2D eigenvalue weighted by atomic mass is 9.65. The zero-order valence-corrected chi connectivity index (χ0v) is 33.6. The molecule has 1 unspecified atom stereocenters. The van der Waals surface area contributed by atoms with Crippen LogP contribution in [0.4, 0.5) is 0 Å². The summed E-state index contributed by atoms with van der Waals surface area (Å²) in [5.41, 5.74) is 18.2. The number of hydrogen-bond donors (Lipinski definition) is 0. The van der Waals surface area contributed by atoms with E-state index in [1.54, 1.807) is 0 Å². The number of fused-ring (bicyclic) bond motifs is 12. The van der Waals surface area contributed by atoms with Crippen molar-refractivity contribution in [1.82, 2.24) is 19.5 Å². The third kappa shape index (κ3) is 4.98. The van der Waals surface area contributed by atoms with Crippen LogP contribution in [-0.4, -0.2) is 19.5 Å². The number of hydrogen-bond acceptors (Lipinski definition) is 3. The fourth-order valence-corrected chi connectivity index (χ4v) is 10.4. The maximum Gasteiger partial charge on any atom is 0.164 e. The van der Waals surface area contributed by atoms with Crippen LogP contribution >= 0.6 is 0 Å². The third-order valence-corrected chi connectivity index (χ3v) is 13.1. The first kappa shape index (κ1) is 34.6. The second kappa shape index (κ2) is 13.4. The molecule has 4 heteroatoms. The average molecular weight is 789 g/mol. The number of rotatable bonds is 5. The molecule has 2 aromatic heterocycles. The van der Waals surface area contributed by atoms with Crippen LogP contribution in [0.15, 0.2) is 218 Å². The molecule has 1 aliphatic carbocycles. The molecule has 1 atom stereocenters. The highest BCUT2D eigenvalue weighted by Crippen LogP contribution is 2.61. The molecule has 4 nitrogen and oxygen atoms in total. The van der Waals surface area contributed by atoms with Gasteiger partial charge in [-0.05, 0) is 73.8 Å². The Bertz CT molecular complexity index is 3450. The minimum absolute atomic E-state index is 0.526. The van der Waals surface area contributed by atoms with E-state index in [0.717, 1.165) is 27.8 Å². The monoisotopic (exact) mass is 788 g/mol. The summed E-state index contributed by atoms with van der Waals surface area (Å²) in [7, 11) is 0. The summed E-state index contributed by atoms with van der Waals surface area (Å²) < 4.78 is 2.49. The number of nitrogens with zero attached hydrogens (tertiary/aromatic N) is 4. The van der Waals surface area contributed by atoms with Crippen molar-refractivity contribution >= 4 is 21.8 Å². The summed E-state index contributed by atoms with van der Waals surface area (Å²) in [6.07, 6.45) is 0. The molecular weight excluding hydrogens is 753 g/mol. The van der Waals surface area contributed by atoms with Crippen molar-refractivity contribution in [3.8, 4) is 73.2 Å². The Kier molecular flexibility index (Phi) is 7.49. The van der Waals surface area contributed by atoms with Gasteiger partial charge in [-0.15, -0.1) is 0 Å². The summed E-state index contributed by atoms with van der Waals surface area (Å²) in [5, 5.41) is 2.54. The lowest BCUT2D eigenvalue weighted by Crippen LogP contribution is -2.33. The predicted octanol–water partition coefficient (Wildman–Crippen LogP) is 14.0. The maximum absolute atomic E-state index is 5.25. The van der Waals surface area contributed by atoms with Gasteiger partial charge in [0.05, 0.1) is 22.1 Å². The SMILES string of the molecule is c1ccc(-c2ccc(-c3nc(-c4ccc(-c5ccccc5)cc4)nc(-c4ccc5c(c4)-c4ccccc4C54c5ccccc5-n5c6ccccc6c6cccc4c65)n3)cc2)cc1. The van der Waals surface area contributed by atoms with Crippen LogP contribution < -0.4 is 0 Å². The summed E-state index contributed by atoms with van der Waals surface area (Å²) in [4.78, 5) is 15.6. The Labute approximate surface area is 359 Å². The highest BCUT2D eigenvalue weighted by molar-refractivity contribution is 6.12. The Morgan fingerprint density at radius 3 is 1.45 bits per heavy atom. The molecule has 0 fully saturated rings. The highest BCUT2D eigenvalue weighted by Gasteiger charge is 2.50. The molecule has 0 N–H and O–H groups in total. The fraction of sp³-hybridized carbons (Fsp3) is 0.0172. The fourth-order valence-electron chi connectivity index (χ4n) is 10.4. The smallest absolute Gasteiger partial charge is 0.164 e. The van der Waals surface area contributed by atoms with Gasteiger partial charge in [-0.3, -0.25) is 0 Å². The number of para-hydroxylation sites is 3.